The number of rotatable bonds is 10. The summed E-state index contributed by atoms with van der Waals surface area (Å²) in [5.74, 6) is -1.46. The molecule has 1 aromatic heterocycles. The third-order valence-electron chi connectivity index (χ3n) is 4.40. The summed E-state index contributed by atoms with van der Waals surface area (Å²) in [5, 5.41) is 15.0. The van der Waals surface area contributed by atoms with Gasteiger partial charge in [0, 0.05) is 18.2 Å². The molecule has 1 aliphatic rings. The fraction of sp³-hybridized carbons (Fsp3) is 0.625. The van der Waals surface area contributed by atoms with Gasteiger partial charge in [0.05, 0.1) is 26.9 Å². The summed E-state index contributed by atoms with van der Waals surface area (Å²) in [6, 6.07) is 0. The third-order valence-corrected chi connectivity index (χ3v) is 6.06. The first kappa shape index (κ1) is 24.9. The van der Waals surface area contributed by atoms with Crippen LogP contribution in [0.1, 0.15) is 18.2 Å². The van der Waals surface area contributed by atoms with E-state index in [9.17, 15) is 28.8 Å². The molecule has 0 spiro atoms. The van der Waals surface area contributed by atoms with Gasteiger partial charge >= 0.3 is 25.3 Å². The Labute approximate surface area is 176 Å². The Morgan fingerprint density at radius 2 is 1.84 bits per heavy atom. The van der Waals surface area contributed by atoms with Gasteiger partial charge in [-0.1, -0.05) is 0 Å². The number of esters is 2. The van der Waals surface area contributed by atoms with E-state index in [1.807, 2.05) is 0 Å². The lowest BCUT2D eigenvalue weighted by Crippen LogP contribution is -2.35. The topological polar surface area (TPSA) is 187 Å². The van der Waals surface area contributed by atoms with Crippen molar-refractivity contribution in [3.63, 3.8) is 0 Å². The highest BCUT2D eigenvalue weighted by atomic mass is 31.2. The highest BCUT2D eigenvalue weighted by Crippen LogP contribution is 2.39. The predicted molar refractivity (Wildman–Crippen MR) is 104 cm³/mol. The lowest BCUT2D eigenvalue weighted by atomic mass is 10.2. The number of aromatic nitrogens is 2. The molecule has 15 heteroatoms. The average molecular weight is 464 g/mol. The van der Waals surface area contributed by atoms with Gasteiger partial charge in [0.25, 0.3) is 5.56 Å². The molecule has 4 N–H and O–H groups in total. The first-order valence-electron chi connectivity index (χ1n) is 9.12. The minimum atomic E-state index is -3.96. The molecule has 1 aromatic rings. The Morgan fingerprint density at radius 1 is 1.26 bits per heavy atom. The molecular formula is C16H25N4O10P. The lowest BCUT2D eigenvalue weighted by Gasteiger charge is -2.22. The predicted octanol–water partition coefficient (Wildman–Crippen LogP) is -1.86. The van der Waals surface area contributed by atoms with Gasteiger partial charge in [-0.25, -0.2) is 15.0 Å². The van der Waals surface area contributed by atoms with Gasteiger partial charge in [-0.15, -0.1) is 0 Å². The van der Waals surface area contributed by atoms with Crippen molar-refractivity contribution < 1.29 is 38.0 Å². The van der Waals surface area contributed by atoms with Gasteiger partial charge in [0.1, 0.15) is 25.4 Å². The Kier molecular flexibility index (Phi) is 8.68. The maximum Gasteiger partial charge on any atom is 0.341 e. The molecule has 2 rings (SSSR count). The zero-order chi connectivity index (χ0) is 23.2. The van der Waals surface area contributed by atoms with E-state index in [2.05, 4.69) is 24.6 Å². The minimum Gasteiger partial charge on any atom is -0.468 e. The van der Waals surface area contributed by atoms with Crippen molar-refractivity contribution in [1.29, 1.82) is 0 Å². The second kappa shape index (κ2) is 10.8. The summed E-state index contributed by atoms with van der Waals surface area (Å²) in [7, 11) is -1.68. The van der Waals surface area contributed by atoms with Crippen molar-refractivity contribution >= 4 is 19.6 Å². The van der Waals surface area contributed by atoms with E-state index in [0.29, 0.717) is 0 Å². The monoisotopic (exact) mass is 464 g/mol. The number of nitrogens with one attached hydrogen (secondary N) is 3. The smallest absolute Gasteiger partial charge is 0.341 e. The number of carbonyl (C=O) groups is 2. The van der Waals surface area contributed by atoms with Crippen molar-refractivity contribution in [2.75, 3.05) is 33.9 Å². The maximum absolute atomic E-state index is 12.9. The lowest BCUT2D eigenvalue weighted by molar-refractivity contribution is -0.139. The van der Waals surface area contributed by atoms with Crippen molar-refractivity contribution in [3.05, 3.63) is 32.6 Å². The molecule has 2 heterocycles. The molecule has 14 nitrogen and oxygen atoms in total. The molecule has 0 saturated carbocycles. The Bertz CT molecular complexity index is 936. The second-order valence-electron chi connectivity index (χ2n) is 6.58. The van der Waals surface area contributed by atoms with Crippen molar-refractivity contribution in [3.8, 4) is 0 Å². The quantitative estimate of drug-likeness (QED) is 0.224. The standard InChI is InChI=1S/C16H25N4O10P/c1-9-7-20(16(25)19-15(9)24)12-4-10(21)11(30-12)8-29-31(26,17-5-13(22)27-2)18-6-14(23)28-3/h7,10-12,21H,4-6,8H2,1-3H3,(H2,17,18,26)(H,19,24,25)/t10-,11+,12+/m0/s1. The van der Waals surface area contributed by atoms with Gasteiger partial charge in [-0.2, -0.15) is 0 Å². The summed E-state index contributed by atoms with van der Waals surface area (Å²) in [6.45, 7) is 0.140. The van der Waals surface area contributed by atoms with E-state index in [-0.39, 0.29) is 12.0 Å². The van der Waals surface area contributed by atoms with E-state index >= 15 is 0 Å². The minimum absolute atomic E-state index is 0.00883. The first-order valence-corrected chi connectivity index (χ1v) is 10.7. The molecular weight excluding hydrogens is 439 g/mol. The molecule has 1 fully saturated rings. The van der Waals surface area contributed by atoms with Gasteiger partial charge in [0.2, 0.25) is 0 Å². The number of H-pyrrole nitrogens is 1. The maximum atomic E-state index is 12.9. The summed E-state index contributed by atoms with van der Waals surface area (Å²) in [5.41, 5.74) is -0.964. The molecule has 31 heavy (non-hydrogen) atoms. The van der Waals surface area contributed by atoms with Crippen LogP contribution in [0.2, 0.25) is 0 Å². The van der Waals surface area contributed by atoms with E-state index < -0.39 is 69.0 Å². The number of aryl methyl sites for hydroxylation is 1. The van der Waals surface area contributed by atoms with Crippen LogP contribution < -0.4 is 21.4 Å². The Hall–Kier alpha value is -2.35. The number of aliphatic hydroxyl groups is 1. The fourth-order valence-electron chi connectivity index (χ4n) is 2.64. The molecule has 0 aromatic carbocycles. The number of ether oxygens (including phenoxy) is 3. The van der Waals surface area contributed by atoms with Crippen LogP contribution in [-0.4, -0.2) is 72.7 Å². The third kappa shape index (κ3) is 6.82. The zero-order valence-electron chi connectivity index (χ0n) is 17.2. The molecule has 1 saturated heterocycles. The number of nitrogens with zero attached hydrogens (tertiary/aromatic N) is 1. The summed E-state index contributed by atoms with van der Waals surface area (Å²) >= 11 is 0. The molecule has 0 radical (unpaired) electrons. The van der Waals surface area contributed by atoms with Crippen molar-refractivity contribution in [1.82, 2.24) is 19.7 Å². The van der Waals surface area contributed by atoms with Crippen molar-refractivity contribution in [2.24, 2.45) is 0 Å². The van der Waals surface area contributed by atoms with Crippen LogP contribution in [0.3, 0.4) is 0 Å². The normalized spacial score (nSPS) is 21.1. The van der Waals surface area contributed by atoms with Crippen LogP contribution in [0.25, 0.3) is 0 Å². The highest BCUT2D eigenvalue weighted by molar-refractivity contribution is 7.54. The first-order chi connectivity index (χ1) is 14.6. The molecule has 1 aliphatic heterocycles. The zero-order valence-corrected chi connectivity index (χ0v) is 18.0. The molecule has 0 amide bonds. The van der Waals surface area contributed by atoms with Gasteiger partial charge in [0.15, 0.2) is 0 Å². The molecule has 0 aliphatic carbocycles. The number of hydrogen-bond acceptors (Lipinski definition) is 10. The number of methoxy groups -OCH3 is 2. The van der Waals surface area contributed by atoms with Crippen LogP contribution >= 0.6 is 7.67 Å². The number of carbonyl (C=O) groups excluding carboxylic acids is 2. The highest BCUT2D eigenvalue weighted by Gasteiger charge is 2.38. The van der Waals surface area contributed by atoms with E-state index in [1.54, 1.807) is 0 Å². The van der Waals surface area contributed by atoms with Crippen LogP contribution in [0.15, 0.2) is 15.8 Å². The molecule has 0 bridgehead atoms. The van der Waals surface area contributed by atoms with Crippen LogP contribution in [0, 0.1) is 6.92 Å². The van der Waals surface area contributed by atoms with Crippen LogP contribution in [-0.2, 0) is 32.9 Å². The second-order valence-corrected chi connectivity index (χ2v) is 8.57. The Morgan fingerprint density at radius 3 is 2.39 bits per heavy atom. The number of aromatic amines is 1. The average Bonchev–Trinajstić information content (AvgIpc) is 3.11. The summed E-state index contributed by atoms with van der Waals surface area (Å²) < 4.78 is 33.9. The van der Waals surface area contributed by atoms with Crippen LogP contribution in [0.5, 0.6) is 0 Å². The number of aliphatic hydroxyl groups excluding tert-OH is 1. The van der Waals surface area contributed by atoms with E-state index in [4.69, 9.17) is 9.26 Å². The van der Waals surface area contributed by atoms with E-state index in [0.717, 1.165) is 18.8 Å². The van der Waals surface area contributed by atoms with E-state index in [1.165, 1.54) is 13.1 Å². The van der Waals surface area contributed by atoms with Crippen LogP contribution in [0.4, 0.5) is 0 Å². The molecule has 174 valence electrons. The number of hydrogen-bond donors (Lipinski definition) is 4. The van der Waals surface area contributed by atoms with Crippen molar-refractivity contribution in [2.45, 2.75) is 31.8 Å². The summed E-state index contributed by atoms with van der Waals surface area (Å²) in [6.07, 6.45) is -1.65. The van der Waals surface area contributed by atoms with Gasteiger partial charge in [-0.05, 0) is 6.92 Å². The largest absolute Gasteiger partial charge is 0.468 e. The Balaban J connectivity index is 2.06. The fourth-order valence-corrected chi connectivity index (χ4v) is 3.97. The summed E-state index contributed by atoms with van der Waals surface area (Å²) in [4.78, 5) is 48.4. The van der Waals surface area contributed by atoms with Gasteiger partial charge < -0.3 is 23.8 Å². The van der Waals surface area contributed by atoms with Gasteiger partial charge in [-0.3, -0.25) is 28.5 Å². The molecule has 0 unspecified atom stereocenters. The molecule has 3 atom stereocenters. The SMILES string of the molecule is COC(=O)CNP(=O)(NCC(=O)OC)OC[C@H]1O[C@@H](n2cc(C)c(=O)[nH]c2=O)C[C@@H]1O.